The van der Waals surface area contributed by atoms with E-state index >= 15 is 0 Å². The van der Waals surface area contributed by atoms with Crippen molar-refractivity contribution in [3.8, 4) is 0 Å². The molecule has 0 aromatic heterocycles. The number of rotatable bonds is 3. The molecule has 0 saturated carbocycles. The molecule has 1 fully saturated rings. The van der Waals surface area contributed by atoms with Crippen LogP contribution in [0.2, 0.25) is 0 Å². The summed E-state index contributed by atoms with van der Waals surface area (Å²) in [7, 11) is -0.436. The van der Waals surface area contributed by atoms with Crippen molar-refractivity contribution in [3.63, 3.8) is 0 Å². The van der Waals surface area contributed by atoms with Gasteiger partial charge in [-0.3, -0.25) is 4.79 Å². The summed E-state index contributed by atoms with van der Waals surface area (Å²) in [5.74, 6) is -0.184. The second-order valence-corrected chi connectivity index (χ2v) is 7.48. The fourth-order valence-corrected chi connectivity index (χ4v) is 4.42. The topological polar surface area (TPSA) is 83.7 Å². The van der Waals surface area contributed by atoms with Crippen LogP contribution in [0.1, 0.15) is 18.4 Å². The number of anilines is 1. The lowest BCUT2D eigenvalue weighted by atomic mass is 10.2. The second kappa shape index (κ2) is 5.65. The average molecular weight is 311 g/mol. The summed E-state index contributed by atoms with van der Waals surface area (Å²) in [4.78, 5) is 13.7. The van der Waals surface area contributed by atoms with Crippen LogP contribution in [-0.2, 0) is 14.8 Å². The third-order valence-electron chi connectivity index (χ3n) is 3.61. The minimum atomic E-state index is -3.71. The van der Waals surface area contributed by atoms with Crippen LogP contribution in [0.15, 0.2) is 23.1 Å². The molecule has 1 aliphatic rings. The summed E-state index contributed by atoms with van der Waals surface area (Å²) in [6.45, 7) is 2.16. The van der Waals surface area contributed by atoms with Crippen LogP contribution in [0, 0.1) is 6.92 Å². The van der Waals surface area contributed by atoms with Crippen molar-refractivity contribution in [3.05, 3.63) is 23.8 Å². The summed E-state index contributed by atoms with van der Waals surface area (Å²) < 4.78 is 26.8. The highest BCUT2D eigenvalue weighted by Gasteiger charge is 2.40. The third-order valence-corrected chi connectivity index (χ3v) is 5.50. The van der Waals surface area contributed by atoms with Crippen molar-refractivity contribution in [1.82, 2.24) is 9.21 Å². The molecule has 1 unspecified atom stereocenters. The Balaban J connectivity index is 2.40. The standard InChI is InChI=1S/C14H21N3O3S/c1-10-7-11(15)9-12(8-10)21(19,20)17-6-4-5-13(17)14(18)16(2)3/h7-9,13H,4-6,15H2,1-3H3. The Hall–Kier alpha value is -1.60. The van der Waals surface area contributed by atoms with Crippen LogP contribution >= 0.6 is 0 Å². The molecule has 0 aliphatic carbocycles. The van der Waals surface area contributed by atoms with Gasteiger partial charge in [-0.15, -0.1) is 0 Å². The first kappa shape index (κ1) is 15.8. The molecule has 2 rings (SSSR count). The number of sulfonamides is 1. The molecule has 1 heterocycles. The Kier molecular flexibility index (Phi) is 4.25. The number of carbonyl (C=O) groups excluding carboxylic acids is 1. The van der Waals surface area contributed by atoms with Gasteiger partial charge in [0.2, 0.25) is 15.9 Å². The second-order valence-electron chi connectivity index (χ2n) is 5.59. The highest BCUT2D eigenvalue weighted by atomic mass is 32.2. The van der Waals surface area contributed by atoms with E-state index in [2.05, 4.69) is 0 Å². The van der Waals surface area contributed by atoms with Crippen molar-refractivity contribution in [2.24, 2.45) is 0 Å². The molecule has 2 N–H and O–H groups in total. The fraction of sp³-hybridized carbons (Fsp3) is 0.500. The lowest BCUT2D eigenvalue weighted by molar-refractivity contribution is -0.132. The van der Waals surface area contributed by atoms with E-state index in [-0.39, 0.29) is 10.8 Å². The molecule has 1 amide bonds. The summed E-state index contributed by atoms with van der Waals surface area (Å²) in [6, 6.07) is 4.12. The van der Waals surface area contributed by atoms with Gasteiger partial charge in [0.05, 0.1) is 4.90 Å². The number of hydrogen-bond donors (Lipinski definition) is 1. The molecule has 116 valence electrons. The third kappa shape index (κ3) is 3.03. The van der Waals surface area contributed by atoms with E-state index < -0.39 is 16.1 Å². The number of carbonyl (C=O) groups is 1. The Labute approximate surface area is 125 Å². The van der Waals surface area contributed by atoms with Crippen LogP contribution in [-0.4, -0.2) is 50.2 Å². The van der Waals surface area contributed by atoms with Gasteiger partial charge in [-0.2, -0.15) is 4.31 Å². The van der Waals surface area contributed by atoms with Crippen molar-refractivity contribution in [2.45, 2.75) is 30.7 Å². The first-order chi connectivity index (χ1) is 9.73. The normalized spacial score (nSPS) is 19.7. The Morgan fingerprint density at radius 1 is 1.33 bits per heavy atom. The van der Waals surface area contributed by atoms with E-state index in [4.69, 9.17) is 5.73 Å². The van der Waals surface area contributed by atoms with Gasteiger partial charge in [-0.1, -0.05) is 0 Å². The lowest BCUT2D eigenvalue weighted by Crippen LogP contribution is -2.45. The summed E-state index contributed by atoms with van der Waals surface area (Å²) >= 11 is 0. The highest BCUT2D eigenvalue weighted by Crippen LogP contribution is 2.28. The van der Waals surface area contributed by atoms with Crippen LogP contribution in [0.5, 0.6) is 0 Å². The number of amides is 1. The minimum absolute atomic E-state index is 0.151. The zero-order valence-electron chi connectivity index (χ0n) is 12.5. The number of nitrogens with zero attached hydrogens (tertiary/aromatic N) is 2. The quantitative estimate of drug-likeness (QED) is 0.838. The molecule has 1 aromatic carbocycles. The number of aryl methyl sites for hydroxylation is 1. The fourth-order valence-electron chi connectivity index (χ4n) is 2.63. The molecule has 6 nitrogen and oxygen atoms in total. The lowest BCUT2D eigenvalue weighted by Gasteiger charge is -2.25. The molecular formula is C14H21N3O3S. The molecule has 0 bridgehead atoms. The van der Waals surface area contributed by atoms with E-state index in [9.17, 15) is 13.2 Å². The molecule has 0 spiro atoms. The molecule has 0 radical (unpaired) electrons. The predicted molar refractivity (Wildman–Crippen MR) is 81.2 cm³/mol. The Morgan fingerprint density at radius 2 is 2.00 bits per heavy atom. The zero-order valence-corrected chi connectivity index (χ0v) is 13.4. The minimum Gasteiger partial charge on any atom is -0.399 e. The van der Waals surface area contributed by atoms with Gasteiger partial charge < -0.3 is 10.6 Å². The number of hydrogen-bond acceptors (Lipinski definition) is 4. The van der Waals surface area contributed by atoms with E-state index in [0.717, 1.165) is 5.56 Å². The van der Waals surface area contributed by atoms with E-state index in [1.807, 2.05) is 0 Å². The van der Waals surface area contributed by atoms with Gasteiger partial charge in [0.25, 0.3) is 0 Å². The summed E-state index contributed by atoms with van der Waals surface area (Å²) in [6.07, 6.45) is 1.24. The molecule has 1 atom stereocenters. The SMILES string of the molecule is Cc1cc(N)cc(S(=O)(=O)N2CCCC2C(=O)N(C)C)c1. The largest absolute Gasteiger partial charge is 0.399 e. The van der Waals surface area contributed by atoms with Gasteiger partial charge in [-0.25, -0.2) is 8.42 Å². The number of benzene rings is 1. The van der Waals surface area contributed by atoms with Crippen molar-refractivity contribution >= 4 is 21.6 Å². The number of nitrogen functional groups attached to an aromatic ring is 1. The van der Waals surface area contributed by atoms with Crippen molar-refractivity contribution < 1.29 is 13.2 Å². The van der Waals surface area contributed by atoms with Gasteiger partial charge in [-0.05, 0) is 43.5 Å². The molecule has 7 heteroatoms. The first-order valence-corrected chi connectivity index (χ1v) is 8.27. The van der Waals surface area contributed by atoms with Gasteiger partial charge in [0.1, 0.15) is 6.04 Å². The molecule has 1 aromatic rings. The van der Waals surface area contributed by atoms with Crippen LogP contribution < -0.4 is 5.73 Å². The van der Waals surface area contributed by atoms with Gasteiger partial charge in [0, 0.05) is 26.3 Å². The smallest absolute Gasteiger partial charge is 0.243 e. The maximum atomic E-state index is 12.8. The first-order valence-electron chi connectivity index (χ1n) is 6.83. The summed E-state index contributed by atoms with van der Waals surface area (Å²) in [5, 5.41) is 0. The zero-order chi connectivity index (χ0) is 15.8. The monoisotopic (exact) mass is 311 g/mol. The number of nitrogens with two attached hydrogens (primary N) is 1. The maximum absolute atomic E-state index is 12.8. The number of likely N-dealkylation sites (N-methyl/N-ethyl adjacent to an activating group) is 1. The Bertz CT molecular complexity index is 635. The highest BCUT2D eigenvalue weighted by molar-refractivity contribution is 7.89. The molecule has 21 heavy (non-hydrogen) atoms. The van der Waals surface area contributed by atoms with Gasteiger partial charge >= 0.3 is 0 Å². The Morgan fingerprint density at radius 3 is 2.57 bits per heavy atom. The maximum Gasteiger partial charge on any atom is 0.243 e. The van der Waals surface area contributed by atoms with Crippen LogP contribution in [0.3, 0.4) is 0 Å². The van der Waals surface area contributed by atoms with Gasteiger partial charge in [0.15, 0.2) is 0 Å². The molecular weight excluding hydrogens is 290 g/mol. The summed E-state index contributed by atoms with van der Waals surface area (Å²) in [5.41, 5.74) is 6.93. The molecule has 1 aliphatic heterocycles. The average Bonchev–Trinajstić information content (AvgIpc) is 2.86. The van der Waals surface area contributed by atoms with E-state index in [1.165, 1.54) is 15.3 Å². The van der Waals surface area contributed by atoms with Crippen molar-refractivity contribution in [1.29, 1.82) is 0 Å². The van der Waals surface area contributed by atoms with Crippen molar-refractivity contribution in [2.75, 3.05) is 26.4 Å². The van der Waals surface area contributed by atoms with E-state index in [1.54, 1.807) is 33.2 Å². The van der Waals surface area contributed by atoms with E-state index in [0.29, 0.717) is 25.1 Å². The van der Waals surface area contributed by atoms with Crippen LogP contribution in [0.25, 0.3) is 0 Å². The predicted octanol–water partition coefficient (Wildman–Crippen LogP) is 0.819. The van der Waals surface area contributed by atoms with Crippen LogP contribution in [0.4, 0.5) is 5.69 Å². The molecule has 1 saturated heterocycles.